The molecule has 0 aliphatic rings. The molecule has 0 aliphatic heterocycles. The highest BCUT2D eigenvalue weighted by Crippen LogP contribution is 2.32. The van der Waals surface area contributed by atoms with Gasteiger partial charge in [-0.15, -0.1) is 0 Å². The molecular formula is C14H14O5. The first-order valence-corrected chi connectivity index (χ1v) is 5.76. The molecular weight excluding hydrogens is 248 g/mol. The van der Waals surface area contributed by atoms with E-state index < -0.39 is 17.0 Å². The van der Waals surface area contributed by atoms with Crippen molar-refractivity contribution in [1.29, 1.82) is 0 Å². The number of hydrogen-bond acceptors (Lipinski definition) is 5. The quantitative estimate of drug-likeness (QED) is 0.485. The number of phenolic OH excluding ortho intramolecular Hbond substituents is 1. The monoisotopic (exact) mass is 262 g/mol. The van der Waals surface area contributed by atoms with Crippen molar-refractivity contribution in [2.75, 3.05) is 0 Å². The van der Waals surface area contributed by atoms with Crippen molar-refractivity contribution < 1.29 is 19.1 Å². The Kier molecular flexibility index (Phi) is 3.06. The second-order valence-corrected chi connectivity index (χ2v) is 5.25. The lowest BCUT2D eigenvalue weighted by Gasteiger charge is -2.16. The molecule has 0 saturated carbocycles. The maximum absolute atomic E-state index is 11.8. The lowest BCUT2D eigenvalue weighted by atomic mass is 9.97. The van der Waals surface area contributed by atoms with Gasteiger partial charge in [0.05, 0.1) is 5.41 Å². The molecule has 1 aromatic heterocycles. The minimum absolute atomic E-state index is 0.0261. The van der Waals surface area contributed by atoms with Crippen molar-refractivity contribution >= 4 is 16.9 Å². The Balaban J connectivity index is 2.46. The Labute approximate surface area is 109 Å². The molecule has 1 N–H and O–H groups in total. The second kappa shape index (κ2) is 4.42. The van der Waals surface area contributed by atoms with Crippen molar-refractivity contribution in [2.45, 2.75) is 20.8 Å². The van der Waals surface area contributed by atoms with Crippen LogP contribution < -0.4 is 10.4 Å². The smallest absolute Gasteiger partial charge is 0.336 e. The van der Waals surface area contributed by atoms with Crippen LogP contribution in [0.4, 0.5) is 0 Å². The molecule has 5 heteroatoms. The van der Waals surface area contributed by atoms with E-state index in [1.807, 2.05) is 0 Å². The van der Waals surface area contributed by atoms with Gasteiger partial charge < -0.3 is 14.3 Å². The molecule has 19 heavy (non-hydrogen) atoms. The summed E-state index contributed by atoms with van der Waals surface area (Å²) in [5.41, 5.74) is -0.952. The van der Waals surface area contributed by atoms with Crippen LogP contribution in [0.1, 0.15) is 20.8 Å². The van der Waals surface area contributed by atoms with Gasteiger partial charge in [-0.05, 0) is 32.9 Å². The molecule has 100 valence electrons. The molecule has 0 unspecified atom stereocenters. The average molecular weight is 262 g/mol. The normalized spacial score (nSPS) is 11.5. The summed E-state index contributed by atoms with van der Waals surface area (Å²) in [5.74, 6) is -0.693. The van der Waals surface area contributed by atoms with E-state index in [4.69, 9.17) is 9.15 Å². The number of esters is 1. The van der Waals surface area contributed by atoms with Gasteiger partial charge in [0.25, 0.3) is 0 Å². The lowest BCUT2D eigenvalue weighted by molar-refractivity contribution is -0.143. The maximum Gasteiger partial charge on any atom is 0.336 e. The van der Waals surface area contributed by atoms with Crippen LogP contribution in [0.5, 0.6) is 11.5 Å². The van der Waals surface area contributed by atoms with Crippen molar-refractivity contribution in [2.24, 2.45) is 5.41 Å². The predicted octanol–water partition coefficient (Wildman–Crippen LogP) is 2.45. The minimum atomic E-state index is -0.696. The summed E-state index contributed by atoms with van der Waals surface area (Å²) >= 11 is 0. The molecule has 0 radical (unpaired) electrons. The van der Waals surface area contributed by atoms with E-state index in [9.17, 15) is 14.7 Å². The number of benzene rings is 1. The van der Waals surface area contributed by atoms with E-state index in [0.29, 0.717) is 5.39 Å². The number of hydrogen-bond donors (Lipinski definition) is 1. The molecule has 5 nitrogen and oxygen atoms in total. The number of aromatic hydroxyl groups is 1. The van der Waals surface area contributed by atoms with Crippen LogP contribution in [0.15, 0.2) is 33.5 Å². The van der Waals surface area contributed by atoms with Crippen LogP contribution in [-0.2, 0) is 4.79 Å². The largest absolute Gasteiger partial charge is 0.504 e. The topological polar surface area (TPSA) is 76.7 Å². The Morgan fingerprint density at radius 3 is 2.58 bits per heavy atom. The van der Waals surface area contributed by atoms with E-state index in [2.05, 4.69) is 0 Å². The molecule has 0 amide bonds. The van der Waals surface area contributed by atoms with E-state index in [0.717, 1.165) is 0 Å². The van der Waals surface area contributed by atoms with Gasteiger partial charge in [0.1, 0.15) is 5.58 Å². The van der Waals surface area contributed by atoms with Gasteiger partial charge in [0.15, 0.2) is 11.5 Å². The van der Waals surface area contributed by atoms with Crippen LogP contribution in [0.2, 0.25) is 0 Å². The molecule has 0 saturated heterocycles. The van der Waals surface area contributed by atoms with E-state index in [1.165, 1.54) is 24.3 Å². The minimum Gasteiger partial charge on any atom is -0.504 e. The average Bonchev–Trinajstić information content (AvgIpc) is 2.29. The van der Waals surface area contributed by atoms with Gasteiger partial charge in [-0.3, -0.25) is 4.79 Å². The summed E-state index contributed by atoms with van der Waals surface area (Å²) in [6.07, 6.45) is 0. The lowest BCUT2D eigenvalue weighted by Crippen LogP contribution is -2.25. The first-order chi connectivity index (χ1) is 8.77. The van der Waals surface area contributed by atoms with Crippen molar-refractivity contribution in [3.8, 4) is 11.5 Å². The summed E-state index contributed by atoms with van der Waals surface area (Å²) in [6.45, 7) is 5.11. The molecule has 1 aromatic carbocycles. The SMILES string of the molecule is CC(C)(C)C(=O)Oc1cc2oc(=O)ccc2cc1O. The zero-order valence-corrected chi connectivity index (χ0v) is 10.9. The van der Waals surface area contributed by atoms with Crippen LogP contribution in [-0.4, -0.2) is 11.1 Å². The zero-order valence-electron chi connectivity index (χ0n) is 10.9. The number of fused-ring (bicyclic) bond motifs is 1. The third kappa shape index (κ3) is 2.76. The fourth-order valence-electron chi connectivity index (χ4n) is 1.42. The van der Waals surface area contributed by atoms with E-state index in [1.54, 1.807) is 20.8 Å². The molecule has 0 spiro atoms. The highest BCUT2D eigenvalue weighted by molar-refractivity contribution is 5.83. The molecule has 2 aromatic rings. The second-order valence-electron chi connectivity index (χ2n) is 5.25. The fraction of sp³-hybridized carbons (Fsp3) is 0.286. The summed E-state index contributed by atoms with van der Waals surface area (Å²) in [4.78, 5) is 22.9. The fourth-order valence-corrected chi connectivity index (χ4v) is 1.42. The number of rotatable bonds is 1. The summed E-state index contributed by atoms with van der Waals surface area (Å²) in [6, 6.07) is 5.48. The maximum atomic E-state index is 11.8. The molecule has 0 atom stereocenters. The van der Waals surface area contributed by atoms with E-state index in [-0.39, 0.29) is 17.1 Å². The van der Waals surface area contributed by atoms with Gasteiger partial charge in [-0.25, -0.2) is 4.79 Å². The molecule has 0 bridgehead atoms. The van der Waals surface area contributed by atoms with E-state index >= 15 is 0 Å². The number of ether oxygens (including phenoxy) is 1. The van der Waals surface area contributed by atoms with Gasteiger partial charge in [0, 0.05) is 17.5 Å². The molecule has 2 rings (SSSR count). The Bertz CT molecular complexity index is 691. The van der Waals surface area contributed by atoms with Gasteiger partial charge in [-0.2, -0.15) is 0 Å². The molecule has 0 fully saturated rings. The predicted molar refractivity (Wildman–Crippen MR) is 69.2 cm³/mol. The van der Waals surface area contributed by atoms with Crippen molar-refractivity contribution in [1.82, 2.24) is 0 Å². The Morgan fingerprint density at radius 1 is 1.26 bits per heavy atom. The first kappa shape index (κ1) is 13.1. The zero-order chi connectivity index (χ0) is 14.2. The van der Waals surface area contributed by atoms with Crippen LogP contribution in [0, 0.1) is 5.41 Å². The summed E-state index contributed by atoms with van der Waals surface area (Å²) in [5, 5.41) is 10.3. The number of carbonyl (C=O) groups excluding carboxylic acids is 1. The molecule has 0 aliphatic carbocycles. The Hall–Kier alpha value is -2.30. The third-order valence-corrected chi connectivity index (χ3v) is 2.52. The van der Waals surface area contributed by atoms with Crippen molar-refractivity contribution in [3.63, 3.8) is 0 Å². The van der Waals surface area contributed by atoms with Gasteiger partial charge in [0.2, 0.25) is 0 Å². The van der Waals surface area contributed by atoms with Crippen molar-refractivity contribution in [3.05, 3.63) is 34.7 Å². The van der Waals surface area contributed by atoms with Crippen LogP contribution in [0.3, 0.4) is 0 Å². The highest BCUT2D eigenvalue weighted by atomic mass is 16.5. The molecule has 1 heterocycles. The number of carbonyl (C=O) groups is 1. The van der Waals surface area contributed by atoms with Crippen LogP contribution >= 0.6 is 0 Å². The summed E-state index contributed by atoms with van der Waals surface area (Å²) in [7, 11) is 0. The standard InChI is InChI=1S/C14H14O5/c1-14(2,3)13(17)19-11-7-10-8(6-9(11)15)4-5-12(16)18-10/h4-7,15H,1-3H3. The van der Waals surface area contributed by atoms with Gasteiger partial charge in [-0.1, -0.05) is 0 Å². The van der Waals surface area contributed by atoms with Gasteiger partial charge >= 0.3 is 11.6 Å². The third-order valence-electron chi connectivity index (χ3n) is 2.52. The summed E-state index contributed by atoms with van der Waals surface area (Å²) < 4.78 is 10.1. The number of phenols is 1. The Morgan fingerprint density at radius 2 is 1.95 bits per heavy atom. The highest BCUT2D eigenvalue weighted by Gasteiger charge is 2.25. The first-order valence-electron chi connectivity index (χ1n) is 5.76. The van der Waals surface area contributed by atoms with Crippen LogP contribution in [0.25, 0.3) is 11.0 Å².